The van der Waals surface area contributed by atoms with Gasteiger partial charge in [0.25, 0.3) is 0 Å². The van der Waals surface area contributed by atoms with Crippen molar-refractivity contribution < 1.29 is 9.47 Å². The fraction of sp³-hybridized carbons (Fsp3) is 0.235. The Bertz CT molecular complexity index is 1620. The summed E-state index contributed by atoms with van der Waals surface area (Å²) in [5, 5.41) is 6.26. The molecule has 6 heteroatoms. The van der Waals surface area contributed by atoms with E-state index in [1.165, 1.54) is 43.1 Å². The van der Waals surface area contributed by atoms with E-state index in [4.69, 9.17) is 14.6 Å². The van der Waals surface area contributed by atoms with E-state index in [1.54, 1.807) is 13.3 Å². The molecule has 0 spiro atoms. The molecule has 3 aromatic heterocycles. The van der Waals surface area contributed by atoms with Gasteiger partial charge in [-0.3, -0.25) is 9.67 Å². The highest BCUT2D eigenvalue weighted by Gasteiger charge is 2.18. The molecule has 3 heterocycles. The number of benzene rings is 2. The van der Waals surface area contributed by atoms with Crippen LogP contribution in [0.5, 0.6) is 11.5 Å². The molecule has 0 bridgehead atoms. The maximum atomic E-state index is 5.93. The molecule has 202 valence electrons. The van der Waals surface area contributed by atoms with E-state index in [0.717, 1.165) is 39.7 Å². The van der Waals surface area contributed by atoms with E-state index in [0.29, 0.717) is 12.6 Å². The molecule has 6 rings (SSSR count). The summed E-state index contributed by atoms with van der Waals surface area (Å²) in [5.41, 5.74) is 6.23. The molecule has 1 aliphatic rings. The van der Waals surface area contributed by atoms with Crippen LogP contribution >= 0.6 is 0 Å². The SMILES string of the molecule is COc1cc(OCc2ccccn2)ccc1/C=C/c1cc(/C=C/c2ccc3cc[nH]c3c2)n(C2CCCCC2)n1. The first-order chi connectivity index (χ1) is 19.7. The third-order valence-electron chi connectivity index (χ3n) is 7.48. The molecule has 0 amide bonds. The van der Waals surface area contributed by atoms with E-state index in [-0.39, 0.29) is 0 Å². The third-order valence-corrected chi connectivity index (χ3v) is 7.48. The predicted octanol–water partition coefficient (Wildman–Crippen LogP) is 8.19. The van der Waals surface area contributed by atoms with Gasteiger partial charge < -0.3 is 14.5 Å². The zero-order valence-corrected chi connectivity index (χ0v) is 22.8. The topological polar surface area (TPSA) is 65.0 Å². The van der Waals surface area contributed by atoms with Crippen molar-refractivity contribution >= 4 is 35.2 Å². The van der Waals surface area contributed by atoms with Crippen molar-refractivity contribution in [2.75, 3.05) is 7.11 Å². The first-order valence-corrected chi connectivity index (χ1v) is 14.0. The van der Waals surface area contributed by atoms with Crippen LogP contribution < -0.4 is 9.47 Å². The van der Waals surface area contributed by atoms with Gasteiger partial charge in [-0.25, -0.2) is 0 Å². The van der Waals surface area contributed by atoms with Gasteiger partial charge in [0.2, 0.25) is 0 Å². The highest BCUT2D eigenvalue weighted by molar-refractivity contribution is 5.83. The normalized spacial score (nSPS) is 14.4. The van der Waals surface area contributed by atoms with Crippen LogP contribution in [0.2, 0.25) is 0 Å². The Morgan fingerprint density at radius 1 is 0.925 bits per heavy atom. The average molecular weight is 531 g/mol. The van der Waals surface area contributed by atoms with Crippen molar-refractivity contribution in [1.29, 1.82) is 0 Å². The molecule has 6 nitrogen and oxygen atoms in total. The van der Waals surface area contributed by atoms with Crippen LogP contribution in [-0.2, 0) is 6.61 Å². The van der Waals surface area contributed by atoms with Crippen molar-refractivity contribution in [3.8, 4) is 11.5 Å². The number of methoxy groups -OCH3 is 1. The van der Waals surface area contributed by atoms with Crippen molar-refractivity contribution in [2.24, 2.45) is 0 Å². The van der Waals surface area contributed by atoms with Crippen LogP contribution in [0.4, 0.5) is 0 Å². The van der Waals surface area contributed by atoms with Gasteiger partial charge in [-0.15, -0.1) is 0 Å². The van der Waals surface area contributed by atoms with Gasteiger partial charge in [0.1, 0.15) is 18.1 Å². The molecule has 0 aliphatic heterocycles. The summed E-state index contributed by atoms with van der Waals surface area (Å²) in [6, 6.07) is 22.9. The molecule has 0 unspecified atom stereocenters. The van der Waals surface area contributed by atoms with E-state index >= 15 is 0 Å². The maximum Gasteiger partial charge on any atom is 0.130 e. The van der Waals surface area contributed by atoms with Gasteiger partial charge in [0.05, 0.1) is 30.2 Å². The number of fused-ring (bicyclic) bond motifs is 1. The summed E-state index contributed by atoms with van der Waals surface area (Å²) in [6.07, 6.45) is 18.4. The number of nitrogens with zero attached hydrogens (tertiary/aromatic N) is 3. The standard InChI is InChI=1S/C34H34N4O2/c1-39-34-23-32(40-24-29-7-5-6-19-35-29)17-14-27(34)13-15-28-22-31(38(37-28)30-8-3-2-4-9-30)16-11-25-10-12-26-18-20-36-33(26)21-25/h5-7,10-23,30,36H,2-4,8-9,24H2,1H3/b15-13+,16-11+. The van der Waals surface area contributed by atoms with Gasteiger partial charge in [0, 0.05) is 29.5 Å². The Labute approximate surface area is 235 Å². The molecule has 2 aromatic carbocycles. The minimum Gasteiger partial charge on any atom is -0.496 e. The van der Waals surface area contributed by atoms with E-state index < -0.39 is 0 Å². The Kier molecular flexibility index (Phi) is 7.75. The van der Waals surface area contributed by atoms with Gasteiger partial charge >= 0.3 is 0 Å². The lowest BCUT2D eigenvalue weighted by Crippen LogP contribution is -2.15. The monoisotopic (exact) mass is 530 g/mol. The van der Waals surface area contributed by atoms with Crippen LogP contribution in [0, 0.1) is 0 Å². The maximum absolute atomic E-state index is 5.93. The van der Waals surface area contributed by atoms with Crippen LogP contribution in [0.15, 0.2) is 79.1 Å². The van der Waals surface area contributed by atoms with Crippen molar-refractivity contribution in [1.82, 2.24) is 19.7 Å². The first kappa shape index (κ1) is 25.7. The largest absolute Gasteiger partial charge is 0.496 e. The van der Waals surface area contributed by atoms with E-state index in [9.17, 15) is 0 Å². The Morgan fingerprint density at radius 3 is 2.70 bits per heavy atom. The quantitative estimate of drug-likeness (QED) is 0.209. The number of nitrogens with one attached hydrogen (secondary N) is 1. The molecule has 1 aliphatic carbocycles. The zero-order chi connectivity index (χ0) is 27.1. The van der Waals surface area contributed by atoms with Crippen LogP contribution in [0.1, 0.15) is 66.4 Å². The minimum atomic E-state index is 0.410. The van der Waals surface area contributed by atoms with Gasteiger partial charge in [0.15, 0.2) is 0 Å². The highest BCUT2D eigenvalue weighted by Crippen LogP contribution is 2.31. The molecule has 0 atom stereocenters. The van der Waals surface area contributed by atoms with Gasteiger partial charge in [-0.1, -0.05) is 43.5 Å². The molecule has 1 fully saturated rings. The number of hydrogen-bond donors (Lipinski definition) is 1. The molecule has 0 radical (unpaired) electrons. The van der Waals surface area contributed by atoms with E-state index in [2.05, 4.69) is 69.3 Å². The van der Waals surface area contributed by atoms with Crippen molar-refractivity contribution in [3.63, 3.8) is 0 Å². The van der Waals surface area contributed by atoms with Gasteiger partial charge in [-0.2, -0.15) is 5.10 Å². The molecule has 5 aromatic rings. The zero-order valence-electron chi connectivity index (χ0n) is 22.8. The van der Waals surface area contributed by atoms with E-state index in [1.807, 2.05) is 42.6 Å². The number of pyridine rings is 1. The fourth-order valence-corrected chi connectivity index (χ4v) is 5.34. The number of aromatic nitrogens is 4. The number of hydrogen-bond acceptors (Lipinski definition) is 4. The Morgan fingerprint density at radius 2 is 1.85 bits per heavy atom. The van der Waals surface area contributed by atoms with Crippen LogP contribution in [0.25, 0.3) is 35.2 Å². The number of ether oxygens (including phenoxy) is 2. The summed E-state index contributed by atoms with van der Waals surface area (Å²) >= 11 is 0. The smallest absolute Gasteiger partial charge is 0.130 e. The first-order valence-electron chi connectivity index (χ1n) is 14.0. The summed E-state index contributed by atoms with van der Waals surface area (Å²) in [6.45, 7) is 0.410. The summed E-state index contributed by atoms with van der Waals surface area (Å²) in [4.78, 5) is 7.62. The Balaban J connectivity index is 1.22. The Hall–Kier alpha value is -4.58. The average Bonchev–Trinajstić information content (AvgIpc) is 3.66. The van der Waals surface area contributed by atoms with Crippen LogP contribution in [-0.4, -0.2) is 26.9 Å². The second-order valence-corrected chi connectivity index (χ2v) is 10.2. The molecular formula is C34H34N4O2. The summed E-state index contributed by atoms with van der Waals surface area (Å²) in [5.74, 6) is 1.49. The lowest BCUT2D eigenvalue weighted by molar-refractivity contribution is 0.299. The van der Waals surface area contributed by atoms with Crippen LogP contribution in [0.3, 0.4) is 0 Å². The fourth-order valence-electron chi connectivity index (χ4n) is 5.34. The number of rotatable bonds is 9. The second-order valence-electron chi connectivity index (χ2n) is 10.2. The van der Waals surface area contributed by atoms with Gasteiger partial charge in [-0.05, 0) is 84.5 Å². The third kappa shape index (κ3) is 6.01. The number of aromatic amines is 1. The summed E-state index contributed by atoms with van der Waals surface area (Å²) < 4.78 is 13.8. The second kappa shape index (κ2) is 12.1. The molecule has 1 N–H and O–H groups in total. The lowest BCUT2D eigenvalue weighted by atomic mass is 9.95. The highest BCUT2D eigenvalue weighted by atomic mass is 16.5. The minimum absolute atomic E-state index is 0.410. The van der Waals surface area contributed by atoms with Crippen molar-refractivity contribution in [2.45, 2.75) is 44.8 Å². The van der Waals surface area contributed by atoms with Crippen molar-refractivity contribution in [3.05, 3.63) is 107 Å². The molecular weight excluding hydrogens is 496 g/mol. The molecule has 0 saturated heterocycles. The number of H-pyrrole nitrogens is 1. The molecule has 1 saturated carbocycles. The predicted molar refractivity (Wildman–Crippen MR) is 162 cm³/mol. The summed E-state index contributed by atoms with van der Waals surface area (Å²) in [7, 11) is 1.68. The molecule has 40 heavy (non-hydrogen) atoms. The lowest BCUT2D eigenvalue weighted by Gasteiger charge is -2.23.